The van der Waals surface area contributed by atoms with Gasteiger partial charge in [-0.05, 0) is 30.9 Å². The number of sulfonamides is 1. The van der Waals surface area contributed by atoms with E-state index >= 15 is 0 Å². The first-order chi connectivity index (χ1) is 10.7. The number of piperazine rings is 1. The highest BCUT2D eigenvalue weighted by Crippen LogP contribution is 2.26. The number of rotatable bonds is 4. The maximum atomic E-state index is 12.8. The van der Waals surface area contributed by atoms with Gasteiger partial charge < -0.3 is 10.1 Å². The van der Waals surface area contributed by atoms with Gasteiger partial charge in [0.25, 0.3) is 0 Å². The fourth-order valence-corrected chi connectivity index (χ4v) is 5.02. The number of aromatic nitrogens is 1. The molecule has 2 fully saturated rings. The molecule has 6 nitrogen and oxygen atoms in total. The molecular weight excluding hydrogens is 302 g/mol. The van der Waals surface area contributed by atoms with Crippen LogP contribution in [-0.2, 0) is 14.8 Å². The van der Waals surface area contributed by atoms with Gasteiger partial charge >= 0.3 is 0 Å². The SMILES string of the molecule is O=S(=O)(CC1CCCCO1)N1CCNCC1c1cccnc1. The van der Waals surface area contributed by atoms with Crippen molar-refractivity contribution in [1.29, 1.82) is 0 Å². The lowest BCUT2D eigenvalue weighted by molar-refractivity contribution is 0.0296. The van der Waals surface area contributed by atoms with E-state index in [0.717, 1.165) is 24.8 Å². The summed E-state index contributed by atoms with van der Waals surface area (Å²) in [6, 6.07) is 3.60. The van der Waals surface area contributed by atoms with Crippen molar-refractivity contribution >= 4 is 10.0 Å². The Bertz CT molecular complexity index is 573. The van der Waals surface area contributed by atoms with Crippen molar-refractivity contribution in [1.82, 2.24) is 14.6 Å². The fraction of sp³-hybridized carbons (Fsp3) is 0.667. The zero-order valence-corrected chi connectivity index (χ0v) is 13.5. The van der Waals surface area contributed by atoms with Crippen molar-refractivity contribution in [3.8, 4) is 0 Å². The first kappa shape index (κ1) is 15.9. The van der Waals surface area contributed by atoms with Gasteiger partial charge in [0.2, 0.25) is 10.0 Å². The molecule has 0 amide bonds. The van der Waals surface area contributed by atoms with E-state index < -0.39 is 10.0 Å². The second-order valence-corrected chi connectivity index (χ2v) is 7.85. The van der Waals surface area contributed by atoms with Crippen LogP contribution < -0.4 is 5.32 Å². The van der Waals surface area contributed by atoms with Crippen LogP contribution in [-0.4, -0.2) is 55.8 Å². The molecule has 2 aliphatic heterocycles. The van der Waals surface area contributed by atoms with Crippen LogP contribution in [0.2, 0.25) is 0 Å². The van der Waals surface area contributed by atoms with Gasteiger partial charge in [-0.15, -0.1) is 0 Å². The van der Waals surface area contributed by atoms with Crippen LogP contribution in [0.3, 0.4) is 0 Å². The van der Waals surface area contributed by atoms with Crippen molar-refractivity contribution in [2.45, 2.75) is 31.4 Å². The molecule has 0 radical (unpaired) electrons. The third-order valence-corrected chi connectivity index (χ3v) is 6.24. The van der Waals surface area contributed by atoms with Crippen molar-refractivity contribution in [3.63, 3.8) is 0 Å². The number of nitrogens with zero attached hydrogens (tertiary/aromatic N) is 2. The minimum absolute atomic E-state index is 0.0871. The van der Waals surface area contributed by atoms with Crippen LogP contribution in [0.1, 0.15) is 30.9 Å². The highest BCUT2D eigenvalue weighted by atomic mass is 32.2. The van der Waals surface area contributed by atoms with Gasteiger partial charge in [0, 0.05) is 38.6 Å². The summed E-state index contributed by atoms with van der Waals surface area (Å²) in [6.45, 7) is 2.47. The second-order valence-electron chi connectivity index (χ2n) is 5.88. The van der Waals surface area contributed by atoms with Gasteiger partial charge in [-0.1, -0.05) is 6.07 Å². The number of pyridine rings is 1. The first-order valence-corrected chi connectivity index (χ1v) is 9.49. The van der Waals surface area contributed by atoms with Crippen LogP contribution in [0.5, 0.6) is 0 Å². The molecule has 22 heavy (non-hydrogen) atoms. The van der Waals surface area contributed by atoms with Crippen molar-refractivity contribution in [3.05, 3.63) is 30.1 Å². The molecule has 1 aromatic rings. The molecule has 0 bridgehead atoms. The lowest BCUT2D eigenvalue weighted by atomic mass is 10.1. The van der Waals surface area contributed by atoms with Crippen LogP contribution in [0.4, 0.5) is 0 Å². The molecule has 0 aliphatic carbocycles. The fourth-order valence-electron chi connectivity index (χ4n) is 3.15. The molecule has 0 saturated carbocycles. The molecule has 2 atom stereocenters. The summed E-state index contributed by atoms with van der Waals surface area (Å²) in [6.07, 6.45) is 6.20. The van der Waals surface area contributed by atoms with E-state index in [4.69, 9.17) is 4.74 Å². The lowest BCUT2D eigenvalue weighted by Crippen LogP contribution is -2.50. The summed E-state index contributed by atoms with van der Waals surface area (Å²) in [5, 5.41) is 3.27. The Labute approximate surface area is 131 Å². The molecule has 2 unspecified atom stereocenters. The minimum atomic E-state index is -3.34. The number of nitrogens with one attached hydrogen (secondary N) is 1. The molecule has 3 rings (SSSR count). The predicted molar refractivity (Wildman–Crippen MR) is 83.9 cm³/mol. The molecule has 0 spiro atoms. The maximum absolute atomic E-state index is 12.8. The topological polar surface area (TPSA) is 71.5 Å². The summed E-state index contributed by atoms with van der Waals surface area (Å²) in [5.41, 5.74) is 0.933. The summed E-state index contributed by atoms with van der Waals surface area (Å²) in [5.74, 6) is 0.0871. The van der Waals surface area contributed by atoms with E-state index in [1.165, 1.54) is 0 Å². The molecule has 0 aromatic carbocycles. The molecule has 1 N–H and O–H groups in total. The predicted octanol–water partition coefficient (Wildman–Crippen LogP) is 0.927. The van der Waals surface area contributed by atoms with E-state index in [1.54, 1.807) is 16.7 Å². The molecule has 1 aromatic heterocycles. The average molecular weight is 325 g/mol. The van der Waals surface area contributed by atoms with E-state index in [1.807, 2.05) is 12.1 Å². The van der Waals surface area contributed by atoms with Gasteiger partial charge in [-0.25, -0.2) is 8.42 Å². The smallest absolute Gasteiger partial charge is 0.217 e. The van der Waals surface area contributed by atoms with E-state index in [9.17, 15) is 8.42 Å². The molecular formula is C15H23N3O3S. The highest BCUT2D eigenvalue weighted by Gasteiger charge is 2.35. The summed E-state index contributed by atoms with van der Waals surface area (Å²) in [7, 11) is -3.34. The van der Waals surface area contributed by atoms with Crippen LogP contribution in [0.15, 0.2) is 24.5 Å². The quantitative estimate of drug-likeness (QED) is 0.891. The van der Waals surface area contributed by atoms with E-state index in [2.05, 4.69) is 10.3 Å². The molecule has 122 valence electrons. The number of hydrogen-bond donors (Lipinski definition) is 1. The Balaban J connectivity index is 1.77. The third kappa shape index (κ3) is 3.65. The second kappa shape index (κ2) is 7.04. The van der Waals surface area contributed by atoms with Crippen LogP contribution in [0.25, 0.3) is 0 Å². The summed E-state index contributed by atoms with van der Waals surface area (Å²) >= 11 is 0. The summed E-state index contributed by atoms with van der Waals surface area (Å²) < 4.78 is 32.9. The Hall–Kier alpha value is -1.02. The number of hydrogen-bond acceptors (Lipinski definition) is 5. The Kier molecular flexibility index (Phi) is 5.07. The third-order valence-electron chi connectivity index (χ3n) is 4.29. The van der Waals surface area contributed by atoms with Crippen LogP contribution >= 0.6 is 0 Å². The largest absolute Gasteiger partial charge is 0.377 e. The van der Waals surface area contributed by atoms with Crippen molar-refractivity contribution in [2.75, 3.05) is 32.0 Å². The molecule has 2 aliphatic rings. The zero-order chi connectivity index (χ0) is 15.4. The summed E-state index contributed by atoms with van der Waals surface area (Å²) in [4.78, 5) is 4.12. The van der Waals surface area contributed by atoms with E-state index in [-0.39, 0.29) is 17.9 Å². The Morgan fingerprint density at radius 1 is 1.41 bits per heavy atom. The molecule has 2 saturated heterocycles. The molecule has 7 heteroatoms. The van der Waals surface area contributed by atoms with Crippen LogP contribution in [0, 0.1) is 0 Å². The first-order valence-electron chi connectivity index (χ1n) is 7.88. The van der Waals surface area contributed by atoms with Gasteiger partial charge in [0.15, 0.2) is 0 Å². The van der Waals surface area contributed by atoms with Gasteiger partial charge in [0.1, 0.15) is 0 Å². The highest BCUT2D eigenvalue weighted by molar-refractivity contribution is 7.89. The number of ether oxygens (including phenoxy) is 1. The van der Waals surface area contributed by atoms with Gasteiger partial charge in [-0.3, -0.25) is 4.98 Å². The van der Waals surface area contributed by atoms with E-state index in [0.29, 0.717) is 26.2 Å². The molecule has 3 heterocycles. The van der Waals surface area contributed by atoms with Crippen molar-refractivity contribution < 1.29 is 13.2 Å². The van der Waals surface area contributed by atoms with Gasteiger partial charge in [-0.2, -0.15) is 4.31 Å². The maximum Gasteiger partial charge on any atom is 0.217 e. The standard InChI is InChI=1S/C15H23N3O3S/c19-22(20,12-14-5-1-2-9-21-14)18-8-7-17-11-15(18)13-4-3-6-16-10-13/h3-4,6,10,14-15,17H,1-2,5,7-9,11-12H2. The monoisotopic (exact) mass is 325 g/mol. The van der Waals surface area contributed by atoms with Crippen molar-refractivity contribution in [2.24, 2.45) is 0 Å². The average Bonchev–Trinajstić information content (AvgIpc) is 2.56. The Morgan fingerprint density at radius 2 is 2.32 bits per heavy atom. The minimum Gasteiger partial charge on any atom is -0.377 e. The normalized spacial score (nSPS) is 27.6. The lowest BCUT2D eigenvalue weighted by Gasteiger charge is -2.36. The van der Waals surface area contributed by atoms with Gasteiger partial charge in [0.05, 0.1) is 17.9 Å². The Morgan fingerprint density at radius 3 is 3.05 bits per heavy atom. The zero-order valence-electron chi connectivity index (χ0n) is 12.6.